The van der Waals surface area contributed by atoms with Crippen molar-refractivity contribution in [3.63, 3.8) is 0 Å². The van der Waals surface area contributed by atoms with Crippen molar-refractivity contribution in [2.45, 2.75) is 127 Å². The third-order valence-corrected chi connectivity index (χ3v) is 18.7. The molecule has 414 valence electrons. The molecule has 0 amide bonds. The van der Waals surface area contributed by atoms with E-state index >= 15 is 0 Å². The van der Waals surface area contributed by atoms with E-state index in [4.69, 9.17) is 39.4 Å². The van der Waals surface area contributed by atoms with Crippen LogP contribution in [0, 0.1) is 23.7 Å². The fraction of sp³-hybridized carbons (Fsp3) is 0.373. The molecule has 16 bridgehead atoms. The Labute approximate surface area is 474 Å². The van der Waals surface area contributed by atoms with E-state index in [1.54, 1.807) is 0 Å². The van der Waals surface area contributed by atoms with Crippen LogP contribution in [0.5, 0.6) is 0 Å². The van der Waals surface area contributed by atoms with E-state index in [1.807, 2.05) is 19.9 Å². The van der Waals surface area contributed by atoms with Crippen LogP contribution in [0.15, 0.2) is 225 Å². The lowest BCUT2D eigenvalue weighted by atomic mass is 9.86. The summed E-state index contributed by atoms with van der Waals surface area (Å²) in [7, 11) is 2.85. The van der Waals surface area contributed by atoms with E-state index in [1.165, 1.54) is 19.8 Å². The van der Waals surface area contributed by atoms with Crippen molar-refractivity contribution in [1.82, 2.24) is 10.6 Å². The molecule has 4 N–H and O–H groups in total. The number of nitrogens with zero attached hydrogens (tertiary/aromatic N) is 6. The third kappa shape index (κ3) is 8.75. The number of fused-ring (bicyclic) bond motifs is 10. The highest BCUT2D eigenvalue weighted by atomic mass is 16.5. The van der Waals surface area contributed by atoms with E-state index in [0.29, 0.717) is 32.1 Å². The lowest BCUT2D eigenvalue weighted by molar-refractivity contribution is -0.141. The van der Waals surface area contributed by atoms with E-state index in [2.05, 4.69) is 109 Å². The Morgan fingerprint density at radius 1 is 0.556 bits per heavy atom. The average Bonchev–Trinajstić information content (AvgIpc) is 3.81. The molecule has 4 atom stereocenters. The van der Waals surface area contributed by atoms with Gasteiger partial charge in [-0.15, -0.1) is 0 Å². The molecule has 0 radical (unpaired) electrons. The Morgan fingerprint density at radius 2 is 0.963 bits per heavy atom. The standard InChI is InChI=1S/C67H70N8O6/c1-13-38-30(3)46-24-50-34(7)42(18-20-60(78)80-11)64(72-50)44-22-58(76)62-36(9)52(74-66(44)62)28-56-40(32(5)48(70-56)26-54(38)68-46)16-15-17-41-33(6)49-27-55-39(14-2)31(4)47(69-55)25-51-35(8)43(19-21-61(79)81-12)65(73-51)45-23-59(77)63-37(10)53(75-67(45)63)29-57(41)71-49/h15-16,24-29,34-35,42-43,72-73,76-77H,13-14,17-23H2,1-12H3/b16-15+,50-24?,51-25?,54-26?,55-27?,56-28?,57-29?,64-44?,65-45?/t34-,35-,42-,43-/m0/s1. The van der Waals surface area contributed by atoms with Crippen molar-refractivity contribution in [1.29, 1.82) is 0 Å². The number of ether oxygens (including phenoxy) is 2. The van der Waals surface area contributed by atoms with Gasteiger partial charge in [0.2, 0.25) is 0 Å². The number of carbonyl (C=O) groups excluding carboxylic acids is 2. The highest BCUT2D eigenvalue weighted by molar-refractivity contribution is 6.23. The van der Waals surface area contributed by atoms with Crippen LogP contribution in [0.25, 0.3) is 0 Å². The number of methoxy groups -OCH3 is 2. The summed E-state index contributed by atoms with van der Waals surface area (Å²) in [6, 6.07) is 0. The molecule has 0 saturated carbocycles. The van der Waals surface area contributed by atoms with Crippen LogP contribution in [-0.2, 0) is 19.1 Å². The Morgan fingerprint density at radius 3 is 1.42 bits per heavy atom. The molecule has 10 heterocycles. The van der Waals surface area contributed by atoms with Gasteiger partial charge < -0.3 is 30.3 Å². The molecule has 0 spiro atoms. The number of hydrogen-bond acceptors (Lipinski definition) is 14. The molecule has 81 heavy (non-hydrogen) atoms. The number of aliphatic hydroxyl groups is 2. The second kappa shape index (κ2) is 20.4. The van der Waals surface area contributed by atoms with E-state index in [-0.39, 0.29) is 60.0 Å². The summed E-state index contributed by atoms with van der Waals surface area (Å²) in [4.78, 5) is 57.1. The first-order chi connectivity index (χ1) is 38.9. The summed E-state index contributed by atoms with van der Waals surface area (Å²) >= 11 is 0. The Kier molecular flexibility index (Phi) is 13.4. The maximum absolute atomic E-state index is 12.6. The number of aliphatic imine (C=N–C) groups is 6. The number of nitrogens with one attached hydrogen (secondary N) is 2. The first-order valence-corrected chi connectivity index (χ1v) is 28.6. The van der Waals surface area contributed by atoms with Gasteiger partial charge in [0, 0.05) is 100 Å². The van der Waals surface area contributed by atoms with Crippen LogP contribution in [0.1, 0.15) is 127 Å². The Bertz CT molecular complexity index is 3850. The highest BCUT2D eigenvalue weighted by Crippen LogP contribution is 2.49. The molecule has 12 aliphatic rings. The number of hydrogen-bond donors (Lipinski definition) is 4. The molecule has 10 aliphatic heterocycles. The quantitative estimate of drug-likeness (QED) is 0.147. The maximum Gasteiger partial charge on any atom is 0.305 e. The van der Waals surface area contributed by atoms with Gasteiger partial charge in [-0.1, -0.05) is 39.8 Å². The monoisotopic (exact) mass is 1080 g/mol. The topological polar surface area (TPSA) is 191 Å². The van der Waals surface area contributed by atoms with Gasteiger partial charge in [-0.2, -0.15) is 0 Å². The zero-order valence-corrected chi connectivity index (χ0v) is 48.5. The van der Waals surface area contributed by atoms with Crippen LogP contribution < -0.4 is 10.6 Å². The molecule has 14 heteroatoms. The first-order valence-electron chi connectivity index (χ1n) is 28.6. The summed E-state index contributed by atoms with van der Waals surface area (Å²) in [5.74, 6) is 0.0510. The fourth-order valence-corrected chi connectivity index (χ4v) is 13.8. The number of aliphatic hydroxyl groups excluding tert-OH is 2. The van der Waals surface area contributed by atoms with Crippen molar-refractivity contribution in [2.75, 3.05) is 14.2 Å². The van der Waals surface area contributed by atoms with Crippen molar-refractivity contribution in [3.8, 4) is 0 Å². The molecule has 2 fully saturated rings. The van der Waals surface area contributed by atoms with Gasteiger partial charge >= 0.3 is 11.9 Å². The Hall–Kier alpha value is -8.26. The molecule has 0 unspecified atom stereocenters. The van der Waals surface area contributed by atoms with Crippen LogP contribution in [0.4, 0.5) is 0 Å². The molecule has 0 aromatic heterocycles. The molecule has 2 saturated heterocycles. The van der Waals surface area contributed by atoms with Crippen LogP contribution >= 0.6 is 0 Å². The smallest absolute Gasteiger partial charge is 0.305 e. The second-order valence-corrected chi connectivity index (χ2v) is 23.0. The predicted molar refractivity (Wildman–Crippen MR) is 320 cm³/mol. The first kappa shape index (κ1) is 53.4. The second-order valence-electron chi connectivity index (χ2n) is 23.0. The molecule has 2 aliphatic carbocycles. The Balaban J connectivity index is 0.959. The predicted octanol–water partition coefficient (Wildman–Crippen LogP) is 13.2. The van der Waals surface area contributed by atoms with Gasteiger partial charge in [0.25, 0.3) is 0 Å². The van der Waals surface area contributed by atoms with Crippen LogP contribution in [-0.4, -0.2) is 70.6 Å². The minimum absolute atomic E-state index is 0.0379. The minimum atomic E-state index is -0.255. The van der Waals surface area contributed by atoms with Gasteiger partial charge in [0.1, 0.15) is 11.5 Å². The maximum atomic E-state index is 12.6. The lowest BCUT2D eigenvalue weighted by Crippen LogP contribution is -2.16. The van der Waals surface area contributed by atoms with E-state index in [0.717, 1.165) is 177 Å². The zero-order chi connectivity index (χ0) is 57.0. The van der Waals surface area contributed by atoms with Gasteiger partial charge in [-0.05, 0) is 160 Å². The molecule has 0 aromatic carbocycles. The highest BCUT2D eigenvalue weighted by Gasteiger charge is 2.44. The largest absolute Gasteiger partial charge is 0.511 e. The zero-order valence-electron chi connectivity index (χ0n) is 48.5. The van der Waals surface area contributed by atoms with Crippen molar-refractivity contribution in [3.05, 3.63) is 195 Å². The van der Waals surface area contributed by atoms with E-state index < -0.39 is 0 Å². The number of rotatable bonds is 11. The lowest BCUT2D eigenvalue weighted by Gasteiger charge is -2.17. The SMILES string of the molecule is CCC1=C(C)C2=NC1=CC1=NC(=CC3=C(C)C4=C(O)CC(=C5NC(=C2)[C@@H](C)[C@@H]5CCC(=O)OC)C4=N3)C(/C=C/CC2=C(C)C3=NC2=CC2=C(C)C4=C(O)CC(=C5NC(=CC6=NC(=C3)C(CC)=C6C)[C@@H](C)[C@@H]5CCC(=O)OC)C4=N2)=C1C. The van der Waals surface area contributed by atoms with Crippen molar-refractivity contribution in [2.24, 2.45) is 53.6 Å². The number of esters is 2. The van der Waals surface area contributed by atoms with Crippen LogP contribution in [0.2, 0.25) is 0 Å². The van der Waals surface area contributed by atoms with Gasteiger partial charge in [-0.3, -0.25) is 9.59 Å². The summed E-state index contributed by atoms with van der Waals surface area (Å²) in [6.45, 7) is 21.3. The molecule has 14 nitrogen and oxygen atoms in total. The van der Waals surface area contributed by atoms with E-state index in [9.17, 15) is 19.8 Å². The minimum Gasteiger partial charge on any atom is -0.511 e. The van der Waals surface area contributed by atoms with Gasteiger partial charge in [-0.25, -0.2) is 30.0 Å². The average molecular weight is 1080 g/mol. The number of allylic oxidation sites excluding steroid dienone is 25. The summed E-state index contributed by atoms with van der Waals surface area (Å²) in [5, 5.41) is 31.1. The molecular weight excluding hydrogens is 1010 g/mol. The van der Waals surface area contributed by atoms with Crippen molar-refractivity contribution < 1.29 is 29.3 Å². The van der Waals surface area contributed by atoms with Crippen molar-refractivity contribution >= 4 is 46.2 Å². The van der Waals surface area contributed by atoms with Gasteiger partial charge in [0.15, 0.2) is 0 Å². The fourth-order valence-electron chi connectivity index (χ4n) is 13.8. The molecule has 12 rings (SSSR count). The normalized spacial score (nSPS) is 25.5. The van der Waals surface area contributed by atoms with Crippen LogP contribution in [0.3, 0.4) is 0 Å². The summed E-state index contributed by atoms with van der Waals surface area (Å²) in [5.41, 5.74) is 27.4. The summed E-state index contributed by atoms with van der Waals surface area (Å²) in [6.07, 6.45) is 21.5. The van der Waals surface area contributed by atoms with Gasteiger partial charge in [0.05, 0.1) is 82.7 Å². The third-order valence-electron chi connectivity index (χ3n) is 18.7. The molecular formula is C67H70N8O6. The summed E-state index contributed by atoms with van der Waals surface area (Å²) < 4.78 is 10.2. The number of carbonyl (C=O) groups is 2. The molecule has 0 aromatic rings.